The number of amides is 1. The van der Waals surface area contributed by atoms with Crippen LogP contribution in [0.25, 0.3) is 55.2 Å². The van der Waals surface area contributed by atoms with E-state index in [0.29, 0.717) is 55.3 Å². The van der Waals surface area contributed by atoms with Gasteiger partial charge in [0.1, 0.15) is 22.4 Å². The third-order valence-corrected chi connectivity index (χ3v) is 7.50. The molecular weight excluding hydrogens is 544 g/mol. The van der Waals surface area contributed by atoms with Crippen molar-refractivity contribution >= 4 is 44.9 Å². The van der Waals surface area contributed by atoms with E-state index in [9.17, 15) is 9.18 Å². The van der Waals surface area contributed by atoms with Gasteiger partial charge in [-0.1, -0.05) is 30.3 Å². The molecular formula is C30H19F2N7OS. The van der Waals surface area contributed by atoms with Crippen LogP contribution in [0.15, 0.2) is 85.3 Å². The number of fused-ring (bicyclic) bond motifs is 2. The van der Waals surface area contributed by atoms with E-state index < -0.39 is 5.82 Å². The molecule has 0 aliphatic rings. The largest absolute Gasteiger partial charge is 0.337 e. The Morgan fingerprint density at radius 2 is 1.83 bits per heavy atom. The van der Waals surface area contributed by atoms with Crippen LogP contribution in [0, 0.1) is 10.9 Å². The third-order valence-electron chi connectivity index (χ3n) is 6.62. The predicted octanol–water partition coefficient (Wildman–Crippen LogP) is 6.75. The smallest absolute Gasteiger partial charge is 0.228 e. The summed E-state index contributed by atoms with van der Waals surface area (Å²) in [6.07, 6.45) is 5.00. The predicted molar refractivity (Wildman–Crippen MR) is 154 cm³/mol. The van der Waals surface area contributed by atoms with Crippen molar-refractivity contribution in [3.63, 3.8) is 0 Å². The van der Waals surface area contributed by atoms with Crippen LogP contribution in [0.4, 0.5) is 14.5 Å². The summed E-state index contributed by atoms with van der Waals surface area (Å²) in [6, 6.07) is 19.2. The Bertz CT molecular complexity index is 2070. The fourth-order valence-corrected chi connectivity index (χ4v) is 5.48. The molecule has 1 amide bonds. The molecule has 0 saturated heterocycles. The number of aromatic amines is 2. The van der Waals surface area contributed by atoms with Crippen molar-refractivity contribution in [2.45, 2.75) is 6.42 Å². The van der Waals surface area contributed by atoms with Gasteiger partial charge in [0.2, 0.25) is 5.91 Å². The number of thiophene rings is 1. The zero-order valence-corrected chi connectivity index (χ0v) is 22.0. The highest BCUT2D eigenvalue weighted by Crippen LogP contribution is 2.35. The van der Waals surface area contributed by atoms with Crippen LogP contribution >= 0.6 is 11.3 Å². The summed E-state index contributed by atoms with van der Waals surface area (Å²) in [5.41, 5.74) is 5.01. The van der Waals surface area contributed by atoms with Gasteiger partial charge in [0.05, 0.1) is 28.7 Å². The van der Waals surface area contributed by atoms with E-state index in [1.165, 1.54) is 12.1 Å². The topological polar surface area (TPSA) is 112 Å². The number of carbonyl (C=O) groups excluding carboxylic acids is 1. The summed E-state index contributed by atoms with van der Waals surface area (Å²) >= 11 is 0.986. The van der Waals surface area contributed by atoms with Gasteiger partial charge in [0.25, 0.3) is 0 Å². The molecule has 0 fully saturated rings. The van der Waals surface area contributed by atoms with Gasteiger partial charge in [-0.25, -0.2) is 9.37 Å². The van der Waals surface area contributed by atoms with E-state index in [-0.39, 0.29) is 23.0 Å². The molecule has 2 aromatic carbocycles. The van der Waals surface area contributed by atoms with E-state index in [1.54, 1.807) is 42.9 Å². The second-order valence-corrected chi connectivity index (χ2v) is 10.4. The average molecular weight is 564 g/mol. The minimum Gasteiger partial charge on any atom is -0.337 e. The molecule has 11 heteroatoms. The van der Waals surface area contributed by atoms with Crippen LogP contribution in [0.3, 0.4) is 0 Å². The number of anilines is 1. The van der Waals surface area contributed by atoms with Crippen LogP contribution < -0.4 is 5.32 Å². The monoisotopic (exact) mass is 563 g/mol. The average Bonchev–Trinajstić information content (AvgIpc) is 3.71. The number of benzene rings is 2. The van der Waals surface area contributed by atoms with Crippen LogP contribution in [0.5, 0.6) is 0 Å². The standard InChI is InChI=1S/C30H19F2N7OS/c31-21-13-17(18-11-19(15-33-14-18)35-25(40)10-16-4-2-1-3-5-16)12-20-26(21)38-39-27(20)30-36-22-8-9-34-29(28(22)37-30)23-6-7-24(32)41-23/h1-9,11-15H,10H2,(H,35,40)(H,36,37)(H,38,39). The van der Waals surface area contributed by atoms with Crippen molar-refractivity contribution in [1.82, 2.24) is 30.1 Å². The first-order valence-corrected chi connectivity index (χ1v) is 13.4. The normalized spacial score (nSPS) is 11.4. The molecule has 41 heavy (non-hydrogen) atoms. The molecule has 3 N–H and O–H groups in total. The van der Waals surface area contributed by atoms with Gasteiger partial charge in [-0.2, -0.15) is 9.49 Å². The van der Waals surface area contributed by atoms with Crippen molar-refractivity contribution in [2.24, 2.45) is 0 Å². The lowest BCUT2D eigenvalue weighted by atomic mass is 10.0. The van der Waals surface area contributed by atoms with Gasteiger partial charge in [0, 0.05) is 23.3 Å². The second-order valence-electron chi connectivity index (χ2n) is 9.37. The van der Waals surface area contributed by atoms with Crippen molar-refractivity contribution in [2.75, 3.05) is 5.32 Å². The van der Waals surface area contributed by atoms with E-state index in [0.717, 1.165) is 16.9 Å². The van der Waals surface area contributed by atoms with E-state index >= 15 is 4.39 Å². The Hall–Kier alpha value is -5.29. The molecule has 0 radical (unpaired) electrons. The highest BCUT2D eigenvalue weighted by atomic mass is 32.1. The molecule has 0 aliphatic carbocycles. The van der Waals surface area contributed by atoms with E-state index in [1.807, 2.05) is 30.3 Å². The molecule has 200 valence electrons. The summed E-state index contributed by atoms with van der Waals surface area (Å²) < 4.78 is 29.0. The maximum atomic E-state index is 15.3. The summed E-state index contributed by atoms with van der Waals surface area (Å²) in [5.74, 6) is -0.269. The number of nitrogens with zero attached hydrogens (tertiary/aromatic N) is 4. The highest BCUT2D eigenvalue weighted by Gasteiger charge is 2.19. The van der Waals surface area contributed by atoms with E-state index in [2.05, 4.69) is 30.5 Å². The number of H-pyrrole nitrogens is 2. The lowest BCUT2D eigenvalue weighted by Crippen LogP contribution is -2.14. The number of aromatic nitrogens is 6. The second kappa shape index (κ2) is 10.0. The minimum absolute atomic E-state index is 0.156. The molecule has 0 unspecified atom stereocenters. The maximum Gasteiger partial charge on any atom is 0.228 e. The Kier molecular flexibility index (Phi) is 6.05. The number of pyridine rings is 2. The first-order chi connectivity index (χ1) is 20.0. The maximum absolute atomic E-state index is 15.3. The van der Waals surface area contributed by atoms with Crippen LogP contribution in [-0.4, -0.2) is 36.0 Å². The van der Waals surface area contributed by atoms with Gasteiger partial charge in [-0.3, -0.25) is 19.9 Å². The van der Waals surface area contributed by atoms with Crippen LogP contribution in [0.1, 0.15) is 5.56 Å². The van der Waals surface area contributed by atoms with Crippen molar-refractivity contribution in [3.8, 4) is 33.2 Å². The molecule has 5 aromatic heterocycles. The van der Waals surface area contributed by atoms with Gasteiger partial charge < -0.3 is 10.3 Å². The molecule has 5 heterocycles. The number of rotatable bonds is 6. The number of imidazole rings is 1. The van der Waals surface area contributed by atoms with Crippen molar-refractivity contribution in [1.29, 1.82) is 0 Å². The summed E-state index contributed by atoms with van der Waals surface area (Å²) in [7, 11) is 0. The van der Waals surface area contributed by atoms with Gasteiger partial charge >= 0.3 is 0 Å². The summed E-state index contributed by atoms with van der Waals surface area (Å²) in [5, 5.41) is 10.1. The fourth-order valence-electron chi connectivity index (χ4n) is 4.75. The summed E-state index contributed by atoms with van der Waals surface area (Å²) in [6.45, 7) is 0. The van der Waals surface area contributed by atoms with Crippen molar-refractivity contribution < 1.29 is 13.6 Å². The fraction of sp³-hybridized carbons (Fsp3) is 0.0333. The zero-order chi connectivity index (χ0) is 27.9. The molecule has 7 rings (SSSR count). The number of carbonyl (C=O) groups is 1. The Labute approximate surface area is 235 Å². The first kappa shape index (κ1) is 24.7. The minimum atomic E-state index is -0.522. The van der Waals surface area contributed by atoms with Gasteiger partial charge in [-0.05, 0) is 47.5 Å². The number of halogens is 2. The molecule has 0 bridgehead atoms. The van der Waals surface area contributed by atoms with Gasteiger partial charge in [-0.15, -0.1) is 11.3 Å². The Morgan fingerprint density at radius 1 is 0.951 bits per heavy atom. The third kappa shape index (κ3) is 4.72. The lowest BCUT2D eigenvalue weighted by Gasteiger charge is -2.08. The molecule has 0 atom stereocenters. The summed E-state index contributed by atoms with van der Waals surface area (Å²) in [4.78, 5) is 29.8. The van der Waals surface area contributed by atoms with Crippen molar-refractivity contribution in [3.05, 3.63) is 102 Å². The van der Waals surface area contributed by atoms with Crippen LogP contribution in [-0.2, 0) is 11.2 Å². The highest BCUT2D eigenvalue weighted by molar-refractivity contribution is 7.13. The van der Waals surface area contributed by atoms with E-state index in [4.69, 9.17) is 4.98 Å². The lowest BCUT2D eigenvalue weighted by molar-refractivity contribution is -0.115. The Balaban J connectivity index is 1.24. The zero-order valence-electron chi connectivity index (χ0n) is 21.2. The van der Waals surface area contributed by atoms with Gasteiger partial charge in [0.15, 0.2) is 16.8 Å². The molecule has 0 aliphatic heterocycles. The quantitative estimate of drug-likeness (QED) is 0.207. The molecule has 0 spiro atoms. The molecule has 8 nitrogen and oxygen atoms in total. The number of hydrogen-bond donors (Lipinski definition) is 3. The Morgan fingerprint density at radius 3 is 2.66 bits per heavy atom. The molecule has 0 saturated carbocycles. The number of hydrogen-bond acceptors (Lipinski definition) is 6. The number of nitrogens with one attached hydrogen (secondary N) is 3. The first-order valence-electron chi connectivity index (χ1n) is 12.6. The molecule has 7 aromatic rings. The SMILES string of the molecule is O=C(Cc1ccccc1)Nc1cncc(-c2cc(F)c3n[nH]c(-c4nc5c(-c6ccc(F)s6)nccc5[nH]4)c3c2)c1. The van der Waals surface area contributed by atoms with Crippen LogP contribution in [0.2, 0.25) is 0 Å².